The van der Waals surface area contributed by atoms with Crippen LogP contribution in [0.3, 0.4) is 0 Å². The summed E-state index contributed by atoms with van der Waals surface area (Å²) in [5.74, 6) is 0. The topological polar surface area (TPSA) is 25.9 Å². The molecule has 0 aromatic carbocycles. The van der Waals surface area contributed by atoms with E-state index in [1.807, 2.05) is 19.9 Å². The van der Waals surface area contributed by atoms with Crippen LogP contribution in [0, 0.1) is 0 Å². The van der Waals surface area contributed by atoms with Gasteiger partial charge in [-0.1, -0.05) is 0 Å². The predicted octanol–water partition coefficient (Wildman–Crippen LogP) is 0.254. The van der Waals surface area contributed by atoms with Gasteiger partial charge in [0, 0.05) is 6.07 Å². The van der Waals surface area contributed by atoms with Gasteiger partial charge in [0.25, 0.3) is 0 Å². The first kappa shape index (κ1) is 7.98. The summed E-state index contributed by atoms with van der Waals surface area (Å²) in [6.45, 7) is 3.98. The summed E-state index contributed by atoms with van der Waals surface area (Å²) in [5, 5.41) is 0. The molecule has 0 bridgehead atoms. The number of hydrogen-bond acceptors (Lipinski definition) is 1. The molecule has 1 heterocycles. The Bertz CT molecular complexity index is 301. The maximum Gasteiger partial charge on any atom is 0.497 e. The van der Waals surface area contributed by atoms with Crippen molar-refractivity contribution in [2.24, 2.45) is 7.05 Å². The molecular formula is C8H13N2O+. The molecule has 3 heteroatoms. The average molecular weight is 153 g/mol. The van der Waals surface area contributed by atoms with Gasteiger partial charge >= 0.3 is 5.69 Å². The second-order valence-corrected chi connectivity index (χ2v) is 2.89. The first-order valence-corrected chi connectivity index (χ1v) is 3.69. The predicted molar refractivity (Wildman–Crippen MR) is 42.3 cm³/mol. The molecule has 0 saturated carbocycles. The molecule has 0 N–H and O–H groups in total. The molecule has 0 aliphatic carbocycles. The van der Waals surface area contributed by atoms with Gasteiger partial charge in [-0.25, -0.2) is 4.57 Å². The second-order valence-electron chi connectivity index (χ2n) is 2.89. The van der Waals surface area contributed by atoms with Crippen LogP contribution in [-0.4, -0.2) is 4.57 Å². The Labute approximate surface area is 65.9 Å². The quantitative estimate of drug-likeness (QED) is 0.531. The minimum atomic E-state index is 0.0301. The number of nitrogens with zero attached hydrogens (tertiary/aromatic N) is 2. The Balaban J connectivity index is 3.28. The molecule has 0 unspecified atom stereocenters. The number of aryl methyl sites for hydroxylation is 1. The number of rotatable bonds is 1. The maximum atomic E-state index is 11.3. The highest BCUT2D eigenvalue weighted by molar-refractivity contribution is 4.77. The lowest BCUT2D eigenvalue weighted by Crippen LogP contribution is -2.51. The van der Waals surface area contributed by atoms with Gasteiger partial charge in [0.2, 0.25) is 0 Å². The molecule has 0 spiro atoms. The van der Waals surface area contributed by atoms with Crippen LogP contribution in [0.15, 0.2) is 23.3 Å². The highest BCUT2D eigenvalue weighted by Gasteiger charge is 2.08. The maximum absolute atomic E-state index is 11.3. The van der Waals surface area contributed by atoms with Gasteiger partial charge in [0.1, 0.15) is 0 Å². The zero-order chi connectivity index (χ0) is 8.43. The minimum absolute atomic E-state index is 0.0301. The van der Waals surface area contributed by atoms with Crippen molar-refractivity contribution < 1.29 is 4.57 Å². The third-order valence-electron chi connectivity index (χ3n) is 1.64. The van der Waals surface area contributed by atoms with Gasteiger partial charge in [-0.05, 0) is 13.8 Å². The van der Waals surface area contributed by atoms with Crippen molar-refractivity contribution in [2.75, 3.05) is 0 Å². The first-order chi connectivity index (χ1) is 5.13. The summed E-state index contributed by atoms with van der Waals surface area (Å²) in [4.78, 5) is 11.3. The molecule has 0 amide bonds. The molecular weight excluding hydrogens is 140 g/mol. The monoisotopic (exact) mass is 153 g/mol. The molecule has 0 radical (unpaired) electrons. The van der Waals surface area contributed by atoms with Crippen LogP contribution in [0.2, 0.25) is 0 Å². The van der Waals surface area contributed by atoms with Crippen LogP contribution in [0.4, 0.5) is 0 Å². The normalized spacial score (nSPS) is 10.5. The van der Waals surface area contributed by atoms with E-state index in [0.717, 1.165) is 0 Å². The first-order valence-electron chi connectivity index (χ1n) is 3.69. The summed E-state index contributed by atoms with van der Waals surface area (Å²) >= 11 is 0. The highest BCUT2D eigenvalue weighted by atomic mass is 16.1. The van der Waals surface area contributed by atoms with Crippen molar-refractivity contribution in [2.45, 2.75) is 19.9 Å². The van der Waals surface area contributed by atoms with E-state index in [1.165, 1.54) is 0 Å². The molecule has 0 saturated heterocycles. The lowest BCUT2D eigenvalue weighted by atomic mass is 10.4. The van der Waals surface area contributed by atoms with Crippen molar-refractivity contribution in [3.63, 3.8) is 0 Å². The SMILES string of the molecule is CC(C)n1ccc[n+](C)c1=O. The molecule has 0 aliphatic heterocycles. The van der Waals surface area contributed by atoms with Gasteiger partial charge in [0.05, 0.1) is 25.5 Å². The minimum Gasteiger partial charge on any atom is -0.201 e. The molecule has 60 valence electrons. The number of hydrogen-bond donors (Lipinski definition) is 0. The molecule has 3 nitrogen and oxygen atoms in total. The van der Waals surface area contributed by atoms with E-state index in [1.54, 1.807) is 28.6 Å². The lowest BCUT2D eigenvalue weighted by molar-refractivity contribution is -0.691. The fraction of sp³-hybridized carbons (Fsp3) is 0.500. The third kappa shape index (κ3) is 1.48. The Morgan fingerprint density at radius 1 is 1.55 bits per heavy atom. The fourth-order valence-corrected chi connectivity index (χ4v) is 0.963. The van der Waals surface area contributed by atoms with Crippen LogP contribution >= 0.6 is 0 Å². The Morgan fingerprint density at radius 2 is 2.18 bits per heavy atom. The van der Waals surface area contributed by atoms with Crippen molar-refractivity contribution in [3.05, 3.63) is 28.9 Å². The zero-order valence-corrected chi connectivity index (χ0v) is 7.11. The van der Waals surface area contributed by atoms with Crippen LogP contribution in [-0.2, 0) is 7.05 Å². The average Bonchev–Trinajstić information content (AvgIpc) is 1.94. The largest absolute Gasteiger partial charge is 0.497 e. The molecule has 1 rings (SSSR count). The molecule has 0 atom stereocenters. The van der Waals surface area contributed by atoms with Crippen LogP contribution < -0.4 is 10.3 Å². The van der Waals surface area contributed by atoms with Gasteiger partial charge in [0.15, 0.2) is 0 Å². The van der Waals surface area contributed by atoms with Crippen LogP contribution in [0.5, 0.6) is 0 Å². The van der Waals surface area contributed by atoms with Crippen molar-refractivity contribution in [3.8, 4) is 0 Å². The number of aromatic nitrogens is 2. The van der Waals surface area contributed by atoms with E-state index in [9.17, 15) is 4.79 Å². The zero-order valence-electron chi connectivity index (χ0n) is 7.11. The van der Waals surface area contributed by atoms with E-state index >= 15 is 0 Å². The van der Waals surface area contributed by atoms with Crippen LogP contribution in [0.1, 0.15) is 19.9 Å². The summed E-state index contributed by atoms with van der Waals surface area (Å²) in [6.07, 6.45) is 3.55. The fourth-order valence-electron chi connectivity index (χ4n) is 0.963. The lowest BCUT2D eigenvalue weighted by Gasteiger charge is -2.01. The molecule has 1 aromatic rings. The summed E-state index contributed by atoms with van der Waals surface area (Å²) in [6, 6.07) is 2.09. The van der Waals surface area contributed by atoms with E-state index in [0.29, 0.717) is 0 Å². The Hall–Kier alpha value is -1.12. The molecule has 1 aromatic heterocycles. The third-order valence-corrected chi connectivity index (χ3v) is 1.64. The van der Waals surface area contributed by atoms with E-state index in [4.69, 9.17) is 0 Å². The molecule has 0 fully saturated rings. The Kier molecular flexibility index (Phi) is 2.08. The highest BCUT2D eigenvalue weighted by Crippen LogP contribution is 1.95. The van der Waals surface area contributed by atoms with E-state index in [-0.39, 0.29) is 11.7 Å². The van der Waals surface area contributed by atoms with Crippen molar-refractivity contribution >= 4 is 0 Å². The van der Waals surface area contributed by atoms with Crippen molar-refractivity contribution in [1.82, 2.24) is 4.57 Å². The van der Waals surface area contributed by atoms with E-state index < -0.39 is 0 Å². The molecule has 11 heavy (non-hydrogen) atoms. The Morgan fingerprint density at radius 3 is 2.64 bits per heavy atom. The second kappa shape index (κ2) is 2.86. The van der Waals surface area contributed by atoms with Gasteiger partial charge < -0.3 is 0 Å². The van der Waals surface area contributed by atoms with Gasteiger partial charge in [-0.3, -0.25) is 0 Å². The smallest absolute Gasteiger partial charge is 0.201 e. The van der Waals surface area contributed by atoms with Crippen molar-refractivity contribution in [1.29, 1.82) is 0 Å². The van der Waals surface area contributed by atoms with Gasteiger partial charge in [-0.2, -0.15) is 9.36 Å². The summed E-state index contributed by atoms with van der Waals surface area (Å²) in [7, 11) is 1.75. The summed E-state index contributed by atoms with van der Waals surface area (Å²) < 4.78 is 3.26. The molecule has 0 aliphatic rings. The standard InChI is InChI=1S/C8H13N2O/c1-7(2)10-6-4-5-9(3)8(10)11/h4-7H,1-3H3/q+1. The van der Waals surface area contributed by atoms with E-state index in [2.05, 4.69) is 0 Å². The van der Waals surface area contributed by atoms with Gasteiger partial charge in [-0.15, -0.1) is 0 Å². The summed E-state index contributed by atoms with van der Waals surface area (Å²) in [5.41, 5.74) is 0.0301. The van der Waals surface area contributed by atoms with Crippen LogP contribution in [0.25, 0.3) is 0 Å².